The molecule has 6 heteroatoms. The average molecular weight is 453 g/mol. The van der Waals surface area contributed by atoms with Crippen molar-refractivity contribution in [3.63, 3.8) is 0 Å². The molecule has 0 aliphatic heterocycles. The monoisotopic (exact) mass is 452 g/mol. The summed E-state index contributed by atoms with van der Waals surface area (Å²) in [6.07, 6.45) is 1.60. The third-order valence-electron chi connectivity index (χ3n) is 4.85. The zero-order valence-electron chi connectivity index (χ0n) is 19.6. The van der Waals surface area contributed by atoms with Gasteiger partial charge in [0.1, 0.15) is 19.0 Å². The lowest BCUT2D eigenvalue weighted by molar-refractivity contribution is -0.140. The van der Waals surface area contributed by atoms with Crippen LogP contribution in [0.2, 0.25) is 0 Å². The Morgan fingerprint density at radius 2 is 1.61 bits per heavy atom. The van der Waals surface area contributed by atoms with E-state index in [2.05, 4.69) is 37.4 Å². The smallest absolute Gasteiger partial charge is 0.335 e. The summed E-state index contributed by atoms with van der Waals surface area (Å²) in [6, 6.07) is 14.2. The van der Waals surface area contributed by atoms with E-state index in [1.807, 2.05) is 25.1 Å². The van der Waals surface area contributed by atoms with Crippen LogP contribution < -0.4 is 4.74 Å². The molecular weight excluding hydrogens is 420 g/mol. The Balaban J connectivity index is 1.82. The first kappa shape index (κ1) is 25.9. The van der Waals surface area contributed by atoms with Gasteiger partial charge in [0, 0.05) is 12.7 Å². The van der Waals surface area contributed by atoms with Gasteiger partial charge in [-0.25, -0.2) is 9.59 Å². The van der Waals surface area contributed by atoms with Gasteiger partial charge in [0.2, 0.25) is 0 Å². The Kier molecular flexibility index (Phi) is 10.4. The van der Waals surface area contributed by atoms with Gasteiger partial charge >= 0.3 is 11.9 Å². The lowest BCUT2D eigenvalue weighted by Gasteiger charge is -2.12. The predicted molar refractivity (Wildman–Crippen MR) is 128 cm³/mol. The second-order valence-corrected chi connectivity index (χ2v) is 7.71. The van der Waals surface area contributed by atoms with Crippen molar-refractivity contribution < 1.29 is 28.5 Å². The summed E-state index contributed by atoms with van der Waals surface area (Å²) in [7, 11) is 1.50. The molecule has 0 radical (unpaired) electrons. The number of methoxy groups -OCH3 is 1. The van der Waals surface area contributed by atoms with Crippen molar-refractivity contribution in [1.82, 2.24) is 0 Å². The first-order valence-electron chi connectivity index (χ1n) is 10.8. The van der Waals surface area contributed by atoms with Crippen molar-refractivity contribution in [1.29, 1.82) is 0 Å². The molecule has 0 N–H and O–H groups in total. The Morgan fingerprint density at radius 3 is 2.24 bits per heavy atom. The zero-order valence-corrected chi connectivity index (χ0v) is 19.6. The normalized spacial score (nSPS) is 10.4. The second kappa shape index (κ2) is 13.2. The lowest BCUT2D eigenvalue weighted by Crippen LogP contribution is -2.15. The third-order valence-corrected chi connectivity index (χ3v) is 4.85. The molecule has 2 rings (SSSR count). The molecule has 6 nitrogen and oxygen atoms in total. The van der Waals surface area contributed by atoms with Crippen LogP contribution in [0.15, 0.2) is 66.8 Å². The molecule has 33 heavy (non-hydrogen) atoms. The summed E-state index contributed by atoms with van der Waals surface area (Å²) in [6.45, 7) is 11.8. The molecule has 176 valence electrons. The summed E-state index contributed by atoms with van der Waals surface area (Å²) < 4.78 is 20.8. The van der Waals surface area contributed by atoms with Gasteiger partial charge in [0.25, 0.3) is 0 Å². The maximum Gasteiger partial charge on any atom is 0.335 e. The molecule has 2 aromatic carbocycles. The number of carbonyl (C=O) groups is 2. The molecule has 0 aromatic heterocycles. The highest BCUT2D eigenvalue weighted by atomic mass is 16.6. The van der Waals surface area contributed by atoms with Crippen LogP contribution in [-0.2, 0) is 30.2 Å². The van der Waals surface area contributed by atoms with Crippen molar-refractivity contribution >= 4 is 11.9 Å². The second-order valence-electron chi connectivity index (χ2n) is 7.71. The SMILES string of the molecule is C=C(C)C(=O)OCCCc1ccc(-c2ccc(OCCOC(=O)C(=C)COC)cc2C)cc1. The van der Waals surface area contributed by atoms with Gasteiger partial charge in [-0.15, -0.1) is 0 Å². The first-order valence-corrected chi connectivity index (χ1v) is 10.8. The van der Waals surface area contributed by atoms with Crippen LogP contribution in [0.1, 0.15) is 24.5 Å². The van der Waals surface area contributed by atoms with E-state index in [0.717, 1.165) is 29.5 Å². The number of ether oxygens (including phenoxy) is 4. The molecule has 2 aromatic rings. The molecule has 0 spiro atoms. The van der Waals surface area contributed by atoms with Crippen molar-refractivity contribution in [2.24, 2.45) is 0 Å². The summed E-state index contributed by atoms with van der Waals surface area (Å²) in [5.74, 6) is -0.116. The molecule has 0 aliphatic rings. The van der Waals surface area contributed by atoms with Crippen LogP contribution in [0.25, 0.3) is 11.1 Å². The molecule has 0 atom stereocenters. The van der Waals surface area contributed by atoms with Crippen LogP contribution in [0.4, 0.5) is 0 Å². The fourth-order valence-electron chi connectivity index (χ4n) is 3.09. The number of rotatable bonds is 13. The van der Waals surface area contributed by atoms with Crippen molar-refractivity contribution in [2.75, 3.05) is 33.5 Å². The largest absolute Gasteiger partial charge is 0.490 e. The highest BCUT2D eigenvalue weighted by molar-refractivity contribution is 5.88. The number of hydrogen-bond donors (Lipinski definition) is 0. The number of hydrogen-bond acceptors (Lipinski definition) is 6. The minimum atomic E-state index is -0.483. The van der Waals surface area contributed by atoms with Crippen LogP contribution in [0, 0.1) is 6.92 Å². The molecule has 0 heterocycles. The number of benzene rings is 2. The first-order chi connectivity index (χ1) is 15.8. The standard InChI is InChI=1S/C27H32O6/c1-19(2)26(28)32-14-6-7-22-8-10-23(11-9-22)25-13-12-24(17-20(25)3)31-15-16-33-27(29)21(4)18-30-5/h8-13,17H,1,4,6-7,14-16,18H2,2-3,5H3. The fourth-order valence-corrected chi connectivity index (χ4v) is 3.09. The van der Waals surface area contributed by atoms with E-state index < -0.39 is 5.97 Å². The molecule has 0 fully saturated rings. The summed E-state index contributed by atoms with van der Waals surface area (Å²) in [5.41, 5.74) is 5.19. The molecule has 0 saturated carbocycles. The highest BCUT2D eigenvalue weighted by Crippen LogP contribution is 2.27. The molecule has 0 amide bonds. The number of esters is 2. The van der Waals surface area contributed by atoms with Gasteiger partial charge in [-0.2, -0.15) is 0 Å². The maximum atomic E-state index is 11.7. The van der Waals surface area contributed by atoms with Crippen LogP contribution in [-0.4, -0.2) is 45.5 Å². The van der Waals surface area contributed by atoms with Gasteiger partial charge < -0.3 is 18.9 Å². The number of carbonyl (C=O) groups excluding carboxylic acids is 2. The van der Waals surface area contributed by atoms with Gasteiger partial charge in [0.05, 0.1) is 18.8 Å². The van der Waals surface area contributed by atoms with Gasteiger partial charge in [0.15, 0.2) is 0 Å². The molecule has 0 unspecified atom stereocenters. The van der Waals surface area contributed by atoms with Crippen molar-refractivity contribution in [3.8, 4) is 16.9 Å². The minimum absolute atomic E-state index is 0.135. The summed E-state index contributed by atoms with van der Waals surface area (Å²) >= 11 is 0. The van der Waals surface area contributed by atoms with Gasteiger partial charge in [-0.05, 0) is 61.1 Å². The number of aryl methyl sites for hydroxylation is 2. The Hall–Kier alpha value is -3.38. The third kappa shape index (κ3) is 8.58. The Labute approximate surface area is 195 Å². The quantitative estimate of drug-likeness (QED) is 0.246. The topological polar surface area (TPSA) is 71.1 Å². The average Bonchev–Trinajstić information content (AvgIpc) is 2.80. The minimum Gasteiger partial charge on any atom is -0.490 e. The summed E-state index contributed by atoms with van der Waals surface area (Å²) in [5, 5.41) is 0. The van der Waals surface area contributed by atoms with Crippen LogP contribution in [0.5, 0.6) is 5.75 Å². The maximum absolute atomic E-state index is 11.7. The zero-order chi connectivity index (χ0) is 24.2. The summed E-state index contributed by atoms with van der Waals surface area (Å²) in [4.78, 5) is 23.1. The van der Waals surface area contributed by atoms with E-state index in [9.17, 15) is 9.59 Å². The van der Waals surface area contributed by atoms with E-state index in [1.165, 1.54) is 12.7 Å². The van der Waals surface area contributed by atoms with Crippen LogP contribution >= 0.6 is 0 Å². The Bertz CT molecular complexity index is 975. The van der Waals surface area contributed by atoms with Crippen molar-refractivity contribution in [2.45, 2.75) is 26.7 Å². The predicted octanol–water partition coefficient (Wildman–Crippen LogP) is 4.84. The molecule has 0 aliphatic carbocycles. The lowest BCUT2D eigenvalue weighted by atomic mass is 9.98. The Morgan fingerprint density at radius 1 is 0.909 bits per heavy atom. The molecule has 0 bridgehead atoms. The van der Waals surface area contributed by atoms with E-state index in [-0.39, 0.29) is 31.4 Å². The van der Waals surface area contributed by atoms with E-state index in [1.54, 1.807) is 6.92 Å². The van der Waals surface area contributed by atoms with E-state index >= 15 is 0 Å². The van der Waals surface area contributed by atoms with Gasteiger partial charge in [-0.1, -0.05) is 43.5 Å². The molecular formula is C27H32O6. The molecule has 0 saturated heterocycles. The van der Waals surface area contributed by atoms with Gasteiger partial charge in [-0.3, -0.25) is 0 Å². The van der Waals surface area contributed by atoms with Crippen molar-refractivity contribution in [3.05, 3.63) is 77.9 Å². The van der Waals surface area contributed by atoms with E-state index in [0.29, 0.717) is 17.9 Å². The van der Waals surface area contributed by atoms with E-state index in [4.69, 9.17) is 18.9 Å². The van der Waals surface area contributed by atoms with Crippen LogP contribution in [0.3, 0.4) is 0 Å². The highest BCUT2D eigenvalue weighted by Gasteiger charge is 2.09. The fraction of sp³-hybridized carbons (Fsp3) is 0.333.